The Hall–Kier alpha value is -2.70. The Labute approximate surface area is 155 Å². The van der Waals surface area contributed by atoms with Crippen molar-refractivity contribution in [2.75, 3.05) is 11.9 Å². The first-order valence-corrected chi connectivity index (χ1v) is 8.77. The molecule has 1 amide bonds. The number of carbonyl (C=O) groups is 1. The molecular weight excluding hydrogens is 359 g/mol. The van der Waals surface area contributed by atoms with Crippen molar-refractivity contribution in [3.63, 3.8) is 0 Å². The fourth-order valence-electron chi connectivity index (χ4n) is 2.92. The summed E-state index contributed by atoms with van der Waals surface area (Å²) in [6.07, 6.45) is 0.294. The van der Waals surface area contributed by atoms with Gasteiger partial charge in [-0.15, -0.1) is 0 Å². The Bertz CT molecular complexity index is 769. The van der Waals surface area contributed by atoms with Crippen molar-refractivity contribution < 1.29 is 27.4 Å². The molecule has 1 saturated carbocycles. The van der Waals surface area contributed by atoms with Gasteiger partial charge in [-0.25, -0.2) is 0 Å². The number of rotatable bonds is 6. The van der Waals surface area contributed by atoms with E-state index >= 15 is 0 Å². The van der Waals surface area contributed by atoms with E-state index in [0.717, 1.165) is 30.7 Å². The van der Waals surface area contributed by atoms with Crippen LogP contribution in [0.2, 0.25) is 0 Å². The van der Waals surface area contributed by atoms with Gasteiger partial charge in [0, 0.05) is 5.69 Å². The van der Waals surface area contributed by atoms with Gasteiger partial charge in [-0.05, 0) is 68.1 Å². The minimum Gasteiger partial charge on any atom is -0.490 e. The Kier molecular flexibility index (Phi) is 5.88. The quantitative estimate of drug-likeness (QED) is 0.765. The van der Waals surface area contributed by atoms with Crippen LogP contribution in [0.3, 0.4) is 0 Å². The van der Waals surface area contributed by atoms with Crippen LogP contribution in [0.4, 0.5) is 18.9 Å². The van der Waals surface area contributed by atoms with Crippen LogP contribution >= 0.6 is 0 Å². The second-order valence-corrected chi connectivity index (χ2v) is 6.41. The molecule has 0 aromatic heterocycles. The van der Waals surface area contributed by atoms with Crippen LogP contribution in [0.15, 0.2) is 48.5 Å². The van der Waals surface area contributed by atoms with E-state index in [9.17, 15) is 18.0 Å². The van der Waals surface area contributed by atoms with Gasteiger partial charge in [0.2, 0.25) is 0 Å². The molecule has 2 aromatic rings. The van der Waals surface area contributed by atoms with Crippen LogP contribution < -0.4 is 14.8 Å². The van der Waals surface area contributed by atoms with Crippen LogP contribution in [-0.2, 0) is 11.0 Å². The highest BCUT2D eigenvalue weighted by atomic mass is 19.4. The molecule has 0 radical (unpaired) electrons. The minimum atomic E-state index is -4.45. The molecule has 0 atom stereocenters. The summed E-state index contributed by atoms with van der Waals surface area (Å²) >= 11 is 0. The molecule has 1 N–H and O–H groups in total. The third-order valence-electron chi connectivity index (χ3n) is 4.27. The molecule has 1 fully saturated rings. The number of hydrogen-bond acceptors (Lipinski definition) is 3. The van der Waals surface area contributed by atoms with Crippen molar-refractivity contribution >= 4 is 11.6 Å². The first kappa shape index (κ1) is 19.1. The molecule has 1 aliphatic carbocycles. The smallest absolute Gasteiger partial charge is 0.416 e. The summed E-state index contributed by atoms with van der Waals surface area (Å²) in [6.45, 7) is -0.387. The number of benzene rings is 2. The third kappa shape index (κ3) is 5.64. The monoisotopic (exact) mass is 379 g/mol. The van der Waals surface area contributed by atoms with Crippen LogP contribution in [0, 0.1) is 0 Å². The average molecular weight is 379 g/mol. The normalized spacial score (nSPS) is 14.8. The number of nitrogens with one attached hydrogen (secondary N) is 1. The summed E-state index contributed by atoms with van der Waals surface area (Å²) in [6, 6.07) is 11.4. The van der Waals surface area contributed by atoms with Gasteiger partial charge in [0.1, 0.15) is 11.5 Å². The van der Waals surface area contributed by atoms with E-state index in [-0.39, 0.29) is 18.5 Å². The number of ether oxygens (including phenoxy) is 2. The maximum Gasteiger partial charge on any atom is 0.416 e. The molecule has 3 rings (SSSR count). The lowest BCUT2D eigenvalue weighted by Gasteiger charge is -2.13. The molecular formula is C20H20F3NO3. The number of anilines is 1. The topological polar surface area (TPSA) is 47.6 Å². The fraction of sp³-hybridized carbons (Fsp3) is 0.350. The lowest BCUT2D eigenvalue weighted by molar-refractivity contribution is -0.137. The standard InChI is InChI=1S/C20H20F3NO3/c21-20(22,23)14-4-3-7-18(12-14)26-13-19(25)24-15-8-10-17(11-9-15)27-16-5-1-2-6-16/h3-4,7-12,16H,1-2,5-6,13H2,(H,24,25). The third-order valence-corrected chi connectivity index (χ3v) is 4.27. The van der Waals surface area contributed by atoms with Gasteiger partial charge >= 0.3 is 6.18 Å². The van der Waals surface area contributed by atoms with E-state index < -0.39 is 17.6 Å². The van der Waals surface area contributed by atoms with Crippen molar-refractivity contribution in [2.45, 2.75) is 38.0 Å². The first-order valence-electron chi connectivity index (χ1n) is 8.77. The van der Waals surface area contributed by atoms with Crippen LogP contribution in [0.25, 0.3) is 0 Å². The zero-order valence-electron chi connectivity index (χ0n) is 14.6. The predicted octanol–water partition coefficient (Wildman–Crippen LogP) is 5.04. The summed E-state index contributed by atoms with van der Waals surface area (Å²) < 4.78 is 49.0. The molecule has 0 saturated heterocycles. The van der Waals surface area contributed by atoms with Gasteiger partial charge in [-0.2, -0.15) is 13.2 Å². The number of alkyl halides is 3. The fourth-order valence-corrected chi connectivity index (χ4v) is 2.92. The highest BCUT2D eigenvalue weighted by Gasteiger charge is 2.30. The Morgan fingerprint density at radius 2 is 1.74 bits per heavy atom. The summed E-state index contributed by atoms with van der Waals surface area (Å²) in [4.78, 5) is 11.9. The minimum absolute atomic E-state index is 0.0136. The average Bonchev–Trinajstić information content (AvgIpc) is 3.14. The molecule has 4 nitrogen and oxygen atoms in total. The number of hydrogen-bond donors (Lipinski definition) is 1. The van der Waals surface area contributed by atoms with Crippen molar-refractivity contribution in [2.24, 2.45) is 0 Å². The van der Waals surface area contributed by atoms with Gasteiger partial charge in [0.25, 0.3) is 5.91 Å². The molecule has 0 bridgehead atoms. The Balaban J connectivity index is 1.49. The van der Waals surface area contributed by atoms with E-state index in [2.05, 4.69) is 5.32 Å². The van der Waals surface area contributed by atoms with Gasteiger partial charge in [0.05, 0.1) is 11.7 Å². The van der Waals surface area contributed by atoms with Gasteiger partial charge in [0.15, 0.2) is 6.61 Å². The van der Waals surface area contributed by atoms with Crippen molar-refractivity contribution in [3.8, 4) is 11.5 Å². The predicted molar refractivity (Wildman–Crippen MR) is 94.9 cm³/mol. The molecule has 2 aromatic carbocycles. The summed E-state index contributed by atoms with van der Waals surface area (Å²) in [5.41, 5.74) is -0.260. The van der Waals surface area contributed by atoms with Gasteiger partial charge < -0.3 is 14.8 Å². The maximum absolute atomic E-state index is 12.7. The molecule has 27 heavy (non-hydrogen) atoms. The zero-order valence-corrected chi connectivity index (χ0v) is 14.6. The van der Waals surface area contributed by atoms with E-state index in [0.29, 0.717) is 5.69 Å². The number of amides is 1. The molecule has 0 heterocycles. The SMILES string of the molecule is O=C(COc1cccc(C(F)(F)F)c1)Nc1ccc(OC2CCCC2)cc1. The van der Waals surface area contributed by atoms with Crippen molar-refractivity contribution in [1.29, 1.82) is 0 Å². The summed E-state index contributed by atoms with van der Waals surface area (Å²) in [5.74, 6) is 0.275. The molecule has 1 aliphatic rings. The van der Waals surface area contributed by atoms with Crippen molar-refractivity contribution in [3.05, 3.63) is 54.1 Å². The molecule has 0 aliphatic heterocycles. The lowest BCUT2D eigenvalue weighted by atomic mass is 10.2. The molecule has 0 spiro atoms. The highest BCUT2D eigenvalue weighted by molar-refractivity contribution is 5.91. The second kappa shape index (κ2) is 8.33. The van der Waals surface area contributed by atoms with Crippen LogP contribution in [0.5, 0.6) is 11.5 Å². The van der Waals surface area contributed by atoms with Gasteiger partial charge in [-0.1, -0.05) is 6.07 Å². The maximum atomic E-state index is 12.7. The zero-order chi connectivity index (χ0) is 19.3. The number of carbonyl (C=O) groups excluding carboxylic acids is 1. The summed E-state index contributed by atoms with van der Waals surface area (Å²) in [5, 5.41) is 2.64. The van der Waals surface area contributed by atoms with E-state index in [4.69, 9.17) is 9.47 Å². The summed E-state index contributed by atoms with van der Waals surface area (Å²) in [7, 11) is 0. The van der Waals surface area contributed by atoms with Crippen LogP contribution in [-0.4, -0.2) is 18.6 Å². The Morgan fingerprint density at radius 3 is 2.41 bits per heavy atom. The molecule has 7 heteroatoms. The second-order valence-electron chi connectivity index (χ2n) is 6.41. The number of halogens is 3. The Morgan fingerprint density at radius 1 is 1.04 bits per heavy atom. The lowest BCUT2D eigenvalue weighted by Crippen LogP contribution is -2.20. The highest BCUT2D eigenvalue weighted by Crippen LogP contribution is 2.31. The molecule has 0 unspecified atom stereocenters. The van der Waals surface area contributed by atoms with E-state index in [1.54, 1.807) is 24.3 Å². The first-order chi connectivity index (χ1) is 12.9. The van der Waals surface area contributed by atoms with E-state index in [1.165, 1.54) is 25.0 Å². The van der Waals surface area contributed by atoms with E-state index in [1.807, 2.05) is 0 Å². The largest absolute Gasteiger partial charge is 0.490 e. The van der Waals surface area contributed by atoms with Gasteiger partial charge in [-0.3, -0.25) is 4.79 Å². The molecule has 144 valence electrons. The van der Waals surface area contributed by atoms with Crippen molar-refractivity contribution in [1.82, 2.24) is 0 Å². The van der Waals surface area contributed by atoms with Crippen LogP contribution in [0.1, 0.15) is 31.2 Å².